The largest absolute Gasteiger partial charge is 0.337 e. The zero-order chi connectivity index (χ0) is 24.6. The van der Waals surface area contributed by atoms with E-state index < -0.39 is 5.54 Å². The second kappa shape index (κ2) is 9.19. The van der Waals surface area contributed by atoms with Gasteiger partial charge in [-0.25, -0.2) is 4.57 Å². The Bertz CT molecular complexity index is 1540. The van der Waals surface area contributed by atoms with Crippen LogP contribution in [0.25, 0.3) is 22.4 Å². The monoisotopic (exact) mass is 486 g/mol. The van der Waals surface area contributed by atoms with Crippen molar-refractivity contribution in [2.45, 2.75) is 56.6 Å². The number of nitrogens with zero attached hydrogens (tertiary/aromatic N) is 5. The van der Waals surface area contributed by atoms with E-state index in [2.05, 4.69) is 21.6 Å². The molecule has 2 aromatic carbocycles. The van der Waals surface area contributed by atoms with Crippen molar-refractivity contribution in [2.75, 3.05) is 5.75 Å². The lowest BCUT2D eigenvalue weighted by molar-refractivity contribution is -0.120. The number of nitrogens with one attached hydrogen (secondary N) is 1. The van der Waals surface area contributed by atoms with Crippen molar-refractivity contribution in [3.05, 3.63) is 63.9 Å². The molecule has 1 saturated carbocycles. The van der Waals surface area contributed by atoms with Gasteiger partial charge in [-0.05, 0) is 56.0 Å². The van der Waals surface area contributed by atoms with E-state index in [1.165, 1.54) is 11.8 Å². The van der Waals surface area contributed by atoms with Crippen LogP contribution in [0, 0.1) is 25.2 Å². The molecule has 1 aliphatic carbocycles. The minimum Gasteiger partial charge on any atom is -0.337 e. The van der Waals surface area contributed by atoms with Crippen LogP contribution in [0.15, 0.2) is 52.4 Å². The Morgan fingerprint density at radius 2 is 1.91 bits per heavy atom. The first-order chi connectivity index (χ1) is 16.9. The van der Waals surface area contributed by atoms with Gasteiger partial charge in [-0.2, -0.15) is 5.26 Å². The average Bonchev–Trinajstić information content (AvgIpc) is 3.29. The van der Waals surface area contributed by atoms with Crippen molar-refractivity contribution in [3.63, 3.8) is 0 Å². The summed E-state index contributed by atoms with van der Waals surface area (Å²) in [5.41, 5.74) is 2.46. The fourth-order valence-corrected chi connectivity index (χ4v) is 5.54. The van der Waals surface area contributed by atoms with Gasteiger partial charge in [-0.3, -0.25) is 14.0 Å². The third kappa shape index (κ3) is 4.19. The van der Waals surface area contributed by atoms with Crippen LogP contribution in [0.3, 0.4) is 0 Å². The Morgan fingerprint density at radius 3 is 2.69 bits per heavy atom. The lowest BCUT2D eigenvalue weighted by Gasteiger charge is -2.31. The van der Waals surface area contributed by atoms with Crippen LogP contribution < -0.4 is 10.9 Å². The van der Waals surface area contributed by atoms with Gasteiger partial charge in [0.05, 0.1) is 28.4 Å². The van der Waals surface area contributed by atoms with Gasteiger partial charge in [0.1, 0.15) is 5.54 Å². The van der Waals surface area contributed by atoms with Crippen LogP contribution >= 0.6 is 11.8 Å². The van der Waals surface area contributed by atoms with E-state index in [1.54, 1.807) is 10.6 Å². The molecule has 1 fully saturated rings. The van der Waals surface area contributed by atoms with E-state index in [0.29, 0.717) is 34.7 Å². The number of carbonyl (C=O) groups excluding carboxylic acids is 1. The van der Waals surface area contributed by atoms with Gasteiger partial charge >= 0.3 is 0 Å². The first-order valence-corrected chi connectivity index (χ1v) is 12.7. The number of aromatic nitrogens is 4. The summed E-state index contributed by atoms with van der Waals surface area (Å²) in [6.45, 7) is 3.94. The predicted octanol–water partition coefficient (Wildman–Crippen LogP) is 4.09. The van der Waals surface area contributed by atoms with Crippen LogP contribution in [0.1, 0.15) is 43.2 Å². The standard InChI is InChI=1S/C26H26N6O2S/c1-17-10-11-18(2)21(14-17)31-23(34)19-8-4-5-9-20(19)32-24(31)29-30-25(32)35-15-22(33)28-26(16-27)12-6-3-7-13-26/h4-5,8-11,14H,3,6-7,12-13,15H2,1-2H3,(H,28,33). The Balaban J connectivity index is 1.55. The number of fused-ring (bicyclic) bond motifs is 3. The topological polar surface area (TPSA) is 105 Å². The van der Waals surface area contributed by atoms with Crippen molar-refractivity contribution >= 4 is 34.3 Å². The summed E-state index contributed by atoms with van der Waals surface area (Å²) < 4.78 is 3.42. The summed E-state index contributed by atoms with van der Waals surface area (Å²) in [7, 11) is 0. The third-order valence-electron chi connectivity index (χ3n) is 6.63. The first-order valence-electron chi connectivity index (χ1n) is 11.7. The van der Waals surface area contributed by atoms with Crippen LogP contribution in [-0.2, 0) is 4.79 Å². The van der Waals surface area contributed by atoms with E-state index >= 15 is 0 Å². The number of rotatable bonds is 5. The third-order valence-corrected chi connectivity index (χ3v) is 7.56. The first kappa shape index (κ1) is 23.1. The maximum absolute atomic E-state index is 13.6. The number of hydrogen-bond donors (Lipinski definition) is 1. The molecule has 1 N–H and O–H groups in total. The van der Waals surface area contributed by atoms with E-state index in [-0.39, 0.29) is 17.2 Å². The highest BCUT2D eigenvalue weighted by molar-refractivity contribution is 7.99. The molecule has 0 bridgehead atoms. The molecular formula is C26H26N6O2S. The fourth-order valence-electron chi connectivity index (χ4n) is 4.80. The summed E-state index contributed by atoms with van der Waals surface area (Å²) in [5, 5.41) is 22.4. The number of thioether (sulfide) groups is 1. The maximum atomic E-state index is 13.6. The van der Waals surface area contributed by atoms with Crippen LogP contribution in [0.2, 0.25) is 0 Å². The zero-order valence-electron chi connectivity index (χ0n) is 19.7. The summed E-state index contributed by atoms with van der Waals surface area (Å²) in [4.78, 5) is 26.4. The molecule has 178 valence electrons. The predicted molar refractivity (Wildman–Crippen MR) is 136 cm³/mol. The Morgan fingerprint density at radius 1 is 1.14 bits per heavy atom. The molecule has 0 radical (unpaired) electrons. The second-order valence-corrected chi connectivity index (χ2v) is 10.1. The molecule has 0 aliphatic heterocycles. The number of carbonyl (C=O) groups is 1. The van der Waals surface area contributed by atoms with Crippen molar-refractivity contribution < 1.29 is 4.79 Å². The number of hydrogen-bond acceptors (Lipinski definition) is 6. The molecule has 35 heavy (non-hydrogen) atoms. The van der Waals surface area contributed by atoms with Gasteiger partial charge in [-0.15, -0.1) is 10.2 Å². The molecule has 1 aliphatic rings. The highest BCUT2D eigenvalue weighted by atomic mass is 32.2. The fraction of sp³-hybridized carbons (Fsp3) is 0.346. The summed E-state index contributed by atoms with van der Waals surface area (Å²) in [6.07, 6.45) is 4.34. The van der Waals surface area contributed by atoms with Crippen LogP contribution in [-0.4, -0.2) is 36.4 Å². The van der Waals surface area contributed by atoms with Gasteiger partial charge in [0, 0.05) is 0 Å². The highest BCUT2D eigenvalue weighted by Crippen LogP contribution is 2.28. The molecule has 0 unspecified atom stereocenters. The molecular weight excluding hydrogens is 460 g/mol. The maximum Gasteiger partial charge on any atom is 0.267 e. The van der Waals surface area contributed by atoms with Crippen LogP contribution in [0.5, 0.6) is 0 Å². The number of para-hydroxylation sites is 1. The lowest BCUT2D eigenvalue weighted by atomic mass is 9.83. The summed E-state index contributed by atoms with van der Waals surface area (Å²) in [5.74, 6) is 0.287. The number of nitriles is 1. The average molecular weight is 487 g/mol. The molecule has 0 atom stereocenters. The molecule has 0 saturated heterocycles. The highest BCUT2D eigenvalue weighted by Gasteiger charge is 2.33. The van der Waals surface area contributed by atoms with Gasteiger partial charge in [0.25, 0.3) is 5.56 Å². The summed E-state index contributed by atoms with van der Waals surface area (Å²) >= 11 is 1.25. The van der Waals surface area contributed by atoms with Crippen molar-refractivity contribution in [1.82, 2.24) is 24.5 Å². The SMILES string of the molecule is Cc1ccc(C)c(-n2c(=O)c3ccccc3n3c(SCC(=O)NC4(C#N)CCCCC4)nnc23)c1. The van der Waals surface area contributed by atoms with E-state index in [1.807, 2.05) is 54.6 Å². The zero-order valence-corrected chi connectivity index (χ0v) is 20.6. The molecule has 8 nitrogen and oxygen atoms in total. The molecule has 4 aromatic rings. The van der Waals surface area contributed by atoms with Gasteiger partial charge in [0.2, 0.25) is 11.7 Å². The lowest BCUT2D eigenvalue weighted by Crippen LogP contribution is -2.49. The van der Waals surface area contributed by atoms with Gasteiger partial charge < -0.3 is 5.32 Å². The summed E-state index contributed by atoms with van der Waals surface area (Å²) in [6, 6.07) is 15.6. The van der Waals surface area contributed by atoms with E-state index in [0.717, 1.165) is 36.1 Å². The molecule has 0 spiro atoms. The number of amides is 1. The van der Waals surface area contributed by atoms with E-state index in [4.69, 9.17) is 0 Å². The van der Waals surface area contributed by atoms with Gasteiger partial charge in [-0.1, -0.05) is 55.3 Å². The molecule has 9 heteroatoms. The molecule has 2 heterocycles. The molecule has 1 amide bonds. The Labute approximate surface area is 207 Å². The molecule has 5 rings (SSSR count). The van der Waals surface area contributed by atoms with Crippen LogP contribution in [0.4, 0.5) is 0 Å². The molecule has 2 aromatic heterocycles. The minimum absolute atomic E-state index is 0.0984. The quantitative estimate of drug-likeness (QED) is 0.426. The minimum atomic E-state index is -0.779. The number of aryl methyl sites for hydroxylation is 2. The Hall–Kier alpha value is -3.64. The Kier molecular flexibility index (Phi) is 6.07. The second-order valence-electron chi connectivity index (χ2n) is 9.16. The van der Waals surface area contributed by atoms with Gasteiger partial charge in [0.15, 0.2) is 5.16 Å². The normalized spacial score (nSPS) is 15.2. The van der Waals surface area contributed by atoms with Crippen molar-refractivity contribution in [1.29, 1.82) is 5.26 Å². The van der Waals surface area contributed by atoms with E-state index in [9.17, 15) is 14.9 Å². The number of benzene rings is 2. The van der Waals surface area contributed by atoms with Crippen molar-refractivity contribution in [3.8, 4) is 11.8 Å². The smallest absolute Gasteiger partial charge is 0.267 e. The van der Waals surface area contributed by atoms with Crippen molar-refractivity contribution in [2.24, 2.45) is 0 Å².